The minimum Gasteiger partial charge on any atom is -0.380 e. The van der Waals surface area contributed by atoms with Gasteiger partial charge in [-0.05, 0) is 0 Å². The van der Waals surface area contributed by atoms with E-state index >= 15 is 0 Å². The zero-order valence-electron chi connectivity index (χ0n) is 16.6. The molecular formula is C16H12F10N6O3. The number of nitrogens with one attached hydrogen (secondary N) is 2. The molecule has 35 heavy (non-hydrogen) atoms. The number of benzene rings is 1. The summed E-state index contributed by atoms with van der Waals surface area (Å²) in [5.74, 6) is -31.1. The minimum absolute atomic E-state index is 0.0928. The van der Waals surface area contributed by atoms with Crippen molar-refractivity contribution >= 4 is 23.5 Å². The highest BCUT2D eigenvalue weighted by molar-refractivity contribution is 6.01. The number of alkyl halides is 10. The van der Waals surface area contributed by atoms with Crippen LogP contribution in [0.25, 0.3) is 0 Å². The Morgan fingerprint density at radius 1 is 0.857 bits per heavy atom. The van der Waals surface area contributed by atoms with Gasteiger partial charge in [0.25, 0.3) is 5.90 Å². The Hall–Kier alpha value is -3.64. The predicted molar refractivity (Wildman–Crippen MR) is 96.2 cm³/mol. The van der Waals surface area contributed by atoms with Gasteiger partial charge in [0.2, 0.25) is 5.90 Å². The summed E-state index contributed by atoms with van der Waals surface area (Å²) in [6.45, 7) is -1.27. The SMILES string of the molecule is N=C(CF)O/N=C(\N)c1ccc(/C(N)=N/OC(=N)C(F)(F)C2(F)OC(F)(F)C(F)(F)C2(F)F)cc1. The van der Waals surface area contributed by atoms with E-state index in [0.717, 1.165) is 24.3 Å². The highest BCUT2D eigenvalue weighted by Crippen LogP contribution is 2.64. The van der Waals surface area contributed by atoms with Crippen LogP contribution in [0.1, 0.15) is 11.1 Å². The Labute approximate surface area is 187 Å². The van der Waals surface area contributed by atoms with Crippen LogP contribution in [0, 0.1) is 10.8 Å². The average Bonchev–Trinajstić information content (AvgIpc) is 2.89. The van der Waals surface area contributed by atoms with Gasteiger partial charge in [0.1, 0.15) is 0 Å². The third kappa shape index (κ3) is 4.42. The van der Waals surface area contributed by atoms with Gasteiger partial charge < -0.3 is 21.1 Å². The van der Waals surface area contributed by atoms with Gasteiger partial charge in [-0.3, -0.25) is 15.6 Å². The van der Waals surface area contributed by atoms with Crippen molar-refractivity contribution in [2.75, 3.05) is 6.67 Å². The Morgan fingerprint density at radius 2 is 1.29 bits per heavy atom. The number of halogens is 10. The van der Waals surface area contributed by atoms with Crippen LogP contribution in [0.5, 0.6) is 0 Å². The molecule has 0 saturated carbocycles. The van der Waals surface area contributed by atoms with Crippen LogP contribution < -0.4 is 11.5 Å². The second-order valence-corrected chi connectivity index (χ2v) is 6.54. The van der Waals surface area contributed by atoms with Gasteiger partial charge in [-0.1, -0.05) is 34.6 Å². The van der Waals surface area contributed by atoms with Gasteiger partial charge >= 0.3 is 29.7 Å². The second-order valence-electron chi connectivity index (χ2n) is 6.54. The van der Waals surface area contributed by atoms with E-state index in [-0.39, 0.29) is 17.0 Å². The maximum atomic E-state index is 14.2. The molecule has 0 amide bonds. The van der Waals surface area contributed by atoms with Gasteiger partial charge in [0, 0.05) is 11.1 Å². The van der Waals surface area contributed by atoms with Crippen LogP contribution in [0.2, 0.25) is 0 Å². The van der Waals surface area contributed by atoms with E-state index in [0.29, 0.717) is 0 Å². The number of amidine groups is 2. The number of hydrogen-bond donors (Lipinski definition) is 4. The smallest absolute Gasteiger partial charge is 0.380 e. The summed E-state index contributed by atoms with van der Waals surface area (Å²) in [6, 6.07) is 4.42. The topological polar surface area (TPSA) is 152 Å². The van der Waals surface area contributed by atoms with E-state index in [1.807, 2.05) is 0 Å². The molecule has 0 radical (unpaired) electrons. The lowest BCUT2D eigenvalue weighted by molar-refractivity contribution is -0.364. The van der Waals surface area contributed by atoms with E-state index in [2.05, 4.69) is 24.7 Å². The highest BCUT2D eigenvalue weighted by atomic mass is 19.4. The maximum absolute atomic E-state index is 14.2. The molecule has 1 saturated heterocycles. The summed E-state index contributed by atoms with van der Waals surface area (Å²) < 4.78 is 136. The molecule has 1 aromatic carbocycles. The molecule has 1 aliphatic heterocycles. The number of oxime groups is 2. The van der Waals surface area contributed by atoms with E-state index in [1.165, 1.54) is 0 Å². The van der Waals surface area contributed by atoms with Crippen LogP contribution in [-0.2, 0) is 14.4 Å². The molecule has 0 aliphatic carbocycles. The third-order valence-electron chi connectivity index (χ3n) is 4.21. The lowest BCUT2D eigenvalue weighted by Gasteiger charge is -2.31. The molecule has 19 heteroatoms. The van der Waals surface area contributed by atoms with E-state index in [4.69, 9.17) is 22.3 Å². The number of hydrogen-bond acceptors (Lipinski definition) is 7. The van der Waals surface area contributed by atoms with Crippen molar-refractivity contribution in [3.63, 3.8) is 0 Å². The fourth-order valence-electron chi connectivity index (χ4n) is 2.29. The highest BCUT2D eigenvalue weighted by Gasteiger charge is 2.96. The van der Waals surface area contributed by atoms with Crippen LogP contribution in [-0.4, -0.2) is 59.9 Å². The van der Waals surface area contributed by atoms with E-state index in [1.54, 1.807) is 0 Å². The Bertz CT molecular complexity index is 1060. The molecule has 2 rings (SSSR count). The Morgan fingerprint density at radius 3 is 1.66 bits per heavy atom. The molecular weight excluding hydrogens is 514 g/mol. The first-order valence-electron chi connectivity index (χ1n) is 8.60. The van der Waals surface area contributed by atoms with Gasteiger partial charge in [-0.15, -0.1) is 0 Å². The van der Waals surface area contributed by atoms with Gasteiger partial charge in [-0.2, -0.15) is 39.5 Å². The molecule has 194 valence electrons. The molecule has 0 aromatic heterocycles. The van der Waals surface area contributed by atoms with Gasteiger partial charge in [0.15, 0.2) is 18.3 Å². The molecule has 0 spiro atoms. The van der Waals surface area contributed by atoms with Crippen LogP contribution in [0.4, 0.5) is 43.9 Å². The number of nitrogens with zero attached hydrogens (tertiary/aromatic N) is 2. The fourth-order valence-corrected chi connectivity index (χ4v) is 2.29. The Balaban J connectivity index is 2.21. The quantitative estimate of drug-likeness (QED) is 0.186. The number of ether oxygens (including phenoxy) is 1. The molecule has 1 unspecified atom stereocenters. The third-order valence-corrected chi connectivity index (χ3v) is 4.21. The van der Waals surface area contributed by atoms with Crippen LogP contribution >= 0.6 is 0 Å². The van der Waals surface area contributed by atoms with E-state index < -0.39 is 54.0 Å². The monoisotopic (exact) mass is 526 g/mol. The molecule has 0 bridgehead atoms. The van der Waals surface area contributed by atoms with Crippen LogP contribution in [0.3, 0.4) is 0 Å². The van der Waals surface area contributed by atoms with Crippen molar-refractivity contribution in [1.82, 2.24) is 0 Å². The molecule has 1 fully saturated rings. The molecule has 1 aromatic rings. The van der Waals surface area contributed by atoms with Gasteiger partial charge in [-0.25, -0.2) is 4.39 Å². The van der Waals surface area contributed by atoms with Crippen molar-refractivity contribution in [2.45, 2.75) is 29.7 Å². The predicted octanol–water partition coefficient (Wildman–Crippen LogP) is 3.08. The van der Waals surface area contributed by atoms with Crippen molar-refractivity contribution in [3.05, 3.63) is 35.4 Å². The Kier molecular flexibility index (Phi) is 6.98. The number of rotatable bonds is 7. The summed E-state index contributed by atoms with van der Waals surface area (Å²) in [7, 11) is 0. The zero-order chi connectivity index (χ0) is 27.0. The van der Waals surface area contributed by atoms with Gasteiger partial charge in [0.05, 0.1) is 0 Å². The van der Waals surface area contributed by atoms with Crippen molar-refractivity contribution < 1.29 is 58.3 Å². The lowest BCUT2D eigenvalue weighted by atomic mass is 10.00. The first-order chi connectivity index (χ1) is 15.9. The lowest BCUT2D eigenvalue weighted by Crippen LogP contribution is -2.62. The molecule has 1 heterocycles. The molecule has 1 atom stereocenters. The van der Waals surface area contributed by atoms with Crippen molar-refractivity contribution in [2.24, 2.45) is 21.8 Å². The second kappa shape index (κ2) is 8.86. The standard InChI is InChI=1S/C16H12F10N6O3/c17-5-8(27)33-31-9(28)6-1-3-7(4-2-6)10(29)32-34-11(30)12(18,19)15(24)13(20,21)14(22,23)16(25,26)35-15/h1-4,27,30H,5H2,(H2,28,31)(H2,29,32). The summed E-state index contributed by atoms with van der Waals surface area (Å²) >= 11 is 0. The summed E-state index contributed by atoms with van der Waals surface area (Å²) in [6.07, 6.45) is -6.36. The zero-order valence-corrected chi connectivity index (χ0v) is 16.6. The normalized spacial score (nSPS) is 23.6. The molecule has 1 aliphatic rings. The average molecular weight is 526 g/mol. The maximum Gasteiger partial charge on any atom is 0.428 e. The van der Waals surface area contributed by atoms with Crippen molar-refractivity contribution in [1.29, 1.82) is 10.8 Å². The summed E-state index contributed by atoms with van der Waals surface area (Å²) in [4.78, 5) is 8.00. The first kappa shape index (κ1) is 27.6. The molecule has 6 N–H and O–H groups in total. The van der Waals surface area contributed by atoms with Crippen LogP contribution in [0.15, 0.2) is 34.6 Å². The first-order valence-corrected chi connectivity index (χ1v) is 8.60. The number of nitrogens with two attached hydrogens (primary N) is 2. The van der Waals surface area contributed by atoms with E-state index in [9.17, 15) is 43.9 Å². The summed E-state index contributed by atoms with van der Waals surface area (Å²) in [5.41, 5.74) is 10.8. The van der Waals surface area contributed by atoms with Crippen molar-refractivity contribution in [3.8, 4) is 0 Å². The molecule has 9 nitrogen and oxygen atoms in total. The minimum atomic E-state index is -6.80. The largest absolute Gasteiger partial charge is 0.428 e. The fraction of sp³-hybridized carbons (Fsp3) is 0.375. The summed E-state index contributed by atoms with van der Waals surface area (Å²) in [5, 5.41) is 19.7.